The van der Waals surface area contributed by atoms with Gasteiger partial charge in [-0.15, -0.1) is 0 Å². The van der Waals surface area contributed by atoms with Crippen LogP contribution in [0.1, 0.15) is 48.0 Å². The number of benzene rings is 1. The summed E-state index contributed by atoms with van der Waals surface area (Å²) in [7, 11) is 0. The number of aliphatic carboxylic acids is 1. The lowest BCUT2D eigenvalue weighted by Gasteiger charge is -2.34. The van der Waals surface area contributed by atoms with Gasteiger partial charge >= 0.3 is 5.97 Å². The van der Waals surface area contributed by atoms with Gasteiger partial charge in [-0.25, -0.2) is 4.79 Å². The van der Waals surface area contributed by atoms with E-state index in [-0.39, 0.29) is 30.3 Å². The number of carbonyl (C=O) groups excluding carboxylic acids is 2. The third kappa shape index (κ3) is 2.52. The summed E-state index contributed by atoms with van der Waals surface area (Å²) in [4.78, 5) is 40.3. The van der Waals surface area contributed by atoms with Crippen molar-refractivity contribution in [3.05, 3.63) is 42.0 Å². The van der Waals surface area contributed by atoms with Crippen LogP contribution in [-0.4, -0.2) is 51.3 Å². The van der Waals surface area contributed by atoms with Gasteiger partial charge in [0.25, 0.3) is 5.91 Å². The zero-order valence-corrected chi connectivity index (χ0v) is 14.6. The molecule has 4 rings (SSSR count). The zero-order chi connectivity index (χ0) is 18.4. The Morgan fingerprint density at radius 2 is 1.85 bits per heavy atom. The number of hydrogen-bond acceptors (Lipinski definition) is 3. The lowest BCUT2D eigenvalue weighted by Crippen LogP contribution is -2.49. The molecule has 1 aromatic rings. The number of hydrogen-bond donors (Lipinski definition) is 1. The van der Waals surface area contributed by atoms with E-state index in [9.17, 15) is 19.5 Å². The van der Waals surface area contributed by atoms with Gasteiger partial charge in [-0.2, -0.15) is 0 Å². The van der Waals surface area contributed by atoms with Crippen LogP contribution in [-0.2, 0) is 9.59 Å². The highest BCUT2D eigenvalue weighted by Crippen LogP contribution is 2.40. The van der Waals surface area contributed by atoms with Crippen LogP contribution in [0.2, 0.25) is 0 Å². The lowest BCUT2D eigenvalue weighted by molar-refractivity contribution is -0.149. The minimum absolute atomic E-state index is 0.0225. The van der Waals surface area contributed by atoms with E-state index in [4.69, 9.17) is 0 Å². The smallest absolute Gasteiger partial charge is 0.326 e. The minimum Gasteiger partial charge on any atom is -0.480 e. The van der Waals surface area contributed by atoms with Crippen molar-refractivity contribution in [2.24, 2.45) is 5.92 Å². The van der Waals surface area contributed by atoms with Gasteiger partial charge in [-0.1, -0.05) is 37.6 Å². The molecule has 3 unspecified atom stereocenters. The molecule has 2 heterocycles. The van der Waals surface area contributed by atoms with Crippen LogP contribution in [0, 0.1) is 5.92 Å². The second kappa shape index (κ2) is 6.27. The van der Waals surface area contributed by atoms with Gasteiger partial charge in [0.1, 0.15) is 12.6 Å². The van der Waals surface area contributed by atoms with E-state index in [1.807, 2.05) is 12.1 Å². The Labute approximate surface area is 152 Å². The summed E-state index contributed by atoms with van der Waals surface area (Å²) in [5.74, 6) is -1.24. The van der Waals surface area contributed by atoms with Gasteiger partial charge in [-0.3, -0.25) is 14.5 Å². The fourth-order valence-corrected chi connectivity index (χ4v) is 4.76. The lowest BCUT2D eigenvalue weighted by atomic mass is 9.85. The van der Waals surface area contributed by atoms with Gasteiger partial charge in [0.2, 0.25) is 5.91 Å². The number of carboxylic acid groups (broad SMARTS) is 1. The van der Waals surface area contributed by atoms with Crippen LogP contribution in [0.3, 0.4) is 0 Å². The van der Waals surface area contributed by atoms with Crippen molar-refractivity contribution in [3.63, 3.8) is 0 Å². The Morgan fingerprint density at radius 1 is 1.15 bits per heavy atom. The molecule has 6 nitrogen and oxygen atoms in total. The molecule has 0 radical (unpaired) electrons. The predicted molar refractivity (Wildman–Crippen MR) is 95.1 cm³/mol. The normalized spacial score (nSPS) is 27.5. The number of rotatable bonds is 3. The molecule has 1 saturated heterocycles. The standard InChI is InChI=1S/C20H22N2O4/c1-12-14-7-3-4-8-15(14)19(24)21(12)11-18(23)22-16-9-5-2-6-13(16)10-17(22)20(25)26/h3-4,7-8,13,16-17H,1-2,5-6,9-11H2,(H,25,26). The molecule has 1 aromatic carbocycles. The molecule has 3 aliphatic rings. The maximum absolute atomic E-state index is 13.0. The van der Waals surface area contributed by atoms with Gasteiger partial charge in [0, 0.05) is 22.9 Å². The number of nitrogens with zero attached hydrogens (tertiary/aromatic N) is 2. The molecule has 26 heavy (non-hydrogen) atoms. The largest absolute Gasteiger partial charge is 0.480 e. The Hall–Kier alpha value is -2.63. The van der Waals surface area contributed by atoms with Crippen LogP contribution in [0.25, 0.3) is 5.70 Å². The summed E-state index contributed by atoms with van der Waals surface area (Å²) in [6.45, 7) is 3.81. The Balaban J connectivity index is 1.57. The second-order valence-corrected chi connectivity index (χ2v) is 7.39. The molecule has 0 spiro atoms. The highest BCUT2D eigenvalue weighted by Gasteiger charge is 2.48. The van der Waals surface area contributed by atoms with Gasteiger partial charge < -0.3 is 10.0 Å². The molecule has 1 N–H and O–H groups in total. The minimum atomic E-state index is -0.956. The van der Waals surface area contributed by atoms with Gasteiger partial charge in [0.05, 0.1) is 0 Å². The third-order valence-corrected chi connectivity index (χ3v) is 5.99. The first-order chi connectivity index (χ1) is 12.5. The van der Waals surface area contributed by atoms with Crippen molar-refractivity contribution in [2.45, 2.75) is 44.2 Å². The average Bonchev–Trinajstić information content (AvgIpc) is 3.14. The molecular formula is C20H22N2O4. The molecular weight excluding hydrogens is 332 g/mol. The molecule has 6 heteroatoms. The van der Waals surface area contributed by atoms with Crippen molar-refractivity contribution in [1.82, 2.24) is 9.80 Å². The van der Waals surface area contributed by atoms with Crippen LogP contribution in [0.15, 0.2) is 30.8 Å². The van der Waals surface area contributed by atoms with E-state index in [0.717, 1.165) is 31.2 Å². The van der Waals surface area contributed by atoms with E-state index in [1.54, 1.807) is 12.1 Å². The first-order valence-electron chi connectivity index (χ1n) is 9.13. The van der Waals surface area contributed by atoms with Crippen LogP contribution in [0.4, 0.5) is 0 Å². The molecule has 1 aliphatic carbocycles. The average molecular weight is 354 g/mol. The summed E-state index contributed by atoms with van der Waals surface area (Å²) in [5.41, 5.74) is 1.78. The van der Waals surface area contributed by atoms with Crippen molar-refractivity contribution in [2.75, 3.05) is 6.54 Å². The monoisotopic (exact) mass is 354 g/mol. The van der Waals surface area contributed by atoms with E-state index >= 15 is 0 Å². The number of fused-ring (bicyclic) bond motifs is 2. The first kappa shape index (κ1) is 16.8. The highest BCUT2D eigenvalue weighted by atomic mass is 16.4. The molecule has 2 amide bonds. The Bertz CT molecular complexity index is 768. The summed E-state index contributed by atoms with van der Waals surface area (Å²) in [6, 6.07) is 6.33. The molecule has 2 fully saturated rings. The molecule has 1 saturated carbocycles. The molecule has 0 aromatic heterocycles. The topological polar surface area (TPSA) is 77.9 Å². The quantitative estimate of drug-likeness (QED) is 0.904. The molecule has 136 valence electrons. The van der Waals surface area contributed by atoms with E-state index in [2.05, 4.69) is 6.58 Å². The van der Waals surface area contributed by atoms with Gasteiger partial charge in [0.15, 0.2) is 0 Å². The van der Waals surface area contributed by atoms with E-state index in [1.165, 1.54) is 9.80 Å². The maximum atomic E-state index is 13.0. The zero-order valence-electron chi connectivity index (χ0n) is 14.6. The van der Waals surface area contributed by atoms with Crippen LogP contribution >= 0.6 is 0 Å². The fraction of sp³-hybridized carbons (Fsp3) is 0.450. The first-order valence-corrected chi connectivity index (χ1v) is 9.13. The summed E-state index contributed by atoms with van der Waals surface area (Å²) in [6.07, 6.45) is 4.43. The molecule has 0 bridgehead atoms. The maximum Gasteiger partial charge on any atom is 0.326 e. The van der Waals surface area contributed by atoms with Crippen molar-refractivity contribution >= 4 is 23.5 Å². The number of carbonyl (C=O) groups is 3. The van der Waals surface area contributed by atoms with Crippen molar-refractivity contribution in [1.29, 1.82) is 0 Å². The van der Waals surface area contributed by atoms with Crippen molar-refractivity contribution < 1.29 is 19.5 Å². The summed E-state index contributed by atoms with van der Waals surface area (Å²) < 4.78 is 0. The third-order valence-electron chi connectivity index (χ3n) is 5.99. The number of carboxylic acids is 1. The van der Waals surface area contributed by atoms with Crippen molar-refractivity contribution in [3.8, 4) is 0 Å². The Morgan fingerprint density at radius 3 is 2.54 bits per heavy atom. The fourth-order valence-electron chi connectivity index (χ4n) is 4.76. The van der Waals surface area contributed by atoms with E-state index < -0.39 is 12.0 Å². The van der Waals surface area contributed by atoms with Crippen LogP contribution in [0.5, 0.6) is 0 Å². The predicted octanol–water partition coefficient (Wildman–Crippen LogP) is 2.36. The number of likely N-dealkylation sites (tertiary alicyclic amines) is 1. The van der Waals surface area contributed by atoms with Gasteiger partial charge in [-0.05, 0) is 31.2 Å². The highest BCUT2D eigenvalue weighted by molar-refractivity contribution is 6.10. The number of amides is 2. The SMILES string of the molecule is C=C1c2ccccc2C(=O)N1CC(=O)N1C(C(=O)O)CC2CCCCC21. The second-order valence-electron chi connectivity index (χ2n) is 7.39. The summed E-state index contributed by atoms with van der Waals surface area (Å²) in [5, 5.41) is 9.59. The molecule has 3 atom stereocenters. The Kier molecular flexibility index (Phi) is 4.05. The molecule has 2 aliphatic heterocycles. The summed E-state index contributed by atoms with van der Waals surface area (Å²) >= 11 is 0. The van der Waals surface area contributed by atoms with Crippen LogP contribution < -0.4 is 0 Å². The van der Waals surface area contributed by atoms with E-state index in [0.29, 0.717) is 17.7 Å².